The number of carbonyl (C=O) groups excluding carboxylic acids is 1. The van der Waals surface area contributed by atoms with E-state index in [1.54, 1.807) is 12.1 Å². The van der Waals surface area contributed by atoms with Crippen LogP contribution in [0.4, 0.5) is 0 Å². The lowest BCUT2D eigenvalue weighted by Gasteiger charge is -2.28. The van der Waals surface area contributed by atoms with Crippen molar-refractivity contribution in [2.24, 2.45) is 5.92 Å². The first-order valence-electron chi connectivity index (χ1n) is 9.64. The molecule has 0 heterocycles. The lowest BCUT2D eigenvalue weighted by molar-refractivity contribution is -0.124. The fraction of sp³-hybridized carbons (Fsp3) is 0.667. The monoisotopic (exact) mass is 331 g/mol. The third-order valence-electron chi connectivity index (χ3n) is 5.43. The normalized spacial score (nSPS) is 17.1. The minimum atomic E-state index is 0.319. The second kappa shape index (κ2) is 9.83. The van der Waals surface area contributed by atoms with Gasteiger partial charge in [-0.15, -0.1) is 0 Å². The summed E-state index contributed by atoms with van der Waals surface area (Å²) >= 11 is 0. The summed E-state index contributed by atoms with van der Waals surface area (Å²) in [5.41, 5.74) is 1.25. The van der Waals surface area contributed by atoms with Crippen LogP contribution in [0, 0.1) is 5.92 Å². The second-order valence-electron chi connectivity index (χ2n) is 7.25. The van der Waals surface area contributed by atoms with Crippen molar-refractivity contribution in [2.45, 2.75) is 71.3 Å². The van der Waals surface area contributed by atoms with Gasteiger partial charge in [-0.2, -0.15) is 0 Å². The highest BCUT2D eigenvalue weighted by atomic mass is 16.3. The van der Waals surface area contributed by atoms with E-state index in [1.807, 2.05) is 12.1 Å². The van der Waals surface area contributed by atoms with Crippen LogP contribution >= 0.6 is 0 Å². The third kappa shape index (κ3) is 5.94. The van der Waals surface area contributed by atoms with Gasteiger partial charge in [0.15, 0.2) is 0 Å². The number of phenolic OH excluding ortho intramolecular Hbond substituents is 1. The van der Waals surface area contributed by atoms with E-state index in [1.165, 1.54) is 24.8 Å². The first kappa shape index (κ1) is 19.0. The minimum absolute atomic E-state index is 0.319. The molecule has 0 spiro atoms. The second-order valence-corrected chi connectivity index (χ2v) is 7.25. The van der Waals surface area contributed by atoms with E-state index in [4.69, 9.17) is 0 Å². The van der Waals surface area contributed by atoms with E-state index in [0.717, 1.165) is 45.2 Å². The minimum Gasteiger partial charge on any atom is -0.508 e. The Morgan fingerprint density at radius 2 is 1.88 bits per heavy atom. The Labute approximate surface area is 147 Å². The number of nitrogens with zero attached hydrogens (tertiary/aromatic N) is 1. The van der Waals surface area contributed by atoms with Crippen molar-refractivity contribution in [1.29, 1.82) is 0 Å². The maximum absolute atomic E-state index is 12.3. The smallest absolute Gasteiger partial charge is 0.136 e. The molecule has 1 fully saturated rings. The number of ketones is 1. The van der Waals surface area contributed by atoms with Crippen LogP contribution in [0.1, 0.15) is 64.4 Å². The van der Waals surface area contributed by atoms with Crippen LogP contribution in [0.25, 0.3) is 0 Å². The van der Waals surface area contributed by atoms with Crippen molar-refractivity contribution in [1.82, 2.24) is 4.90 Å². The van der Waals surface area contributed by atoms with Crippen LogP contribution in [0.15, 0.2) is 24.3 Å². The number of benzene rings is 1. The van der Waals surface area contributed by atoms with Crippen molar-refractivity contribution in [3.05, 3.63) is 29.8 Å². The van der Waals surface area contributed by atoms with Gasteiger partial charge < -0.3 is 10.0 Å². The molecule has 1 unspecified atom stereocenters. The molecule has 2 rings (SSSR count). The molecule has 3 heteroatoms. The Kier molecular flexibility index (Phi) is 7.77. The predicted octanol–water partition coefficient (Wildman–Crippen LogP) is 4.57. The van der Waals surface area contributed by atoms with Gasteiger partial charge in [-0.3, -0.25) is 4.79 Å². The number of hydrogen-bond donors (Lipinski definition) is 1. The molecular weight excluding hydrogens is 298 g/mol. The van der Waals surface area contributed by atoms with Gasteiger partial charge in [0.05, 0.1) is 0 Å². The number of aromatic hydroxyl groups is 1. The highest BCUT2D eigenvalue weighted by molar-refractivity contribution is 5.81. The zero-order valence-electron chi connectivity index (χ0n) is 15.3. The maximum Gasteiger partial charge on any atom is 0.136 e. The molecule has 1 aromatic rings. The molecule has 1 aliphatic carbocycles. The Hall–Kier alpha value is -1.35. The molecule has 0 radical (unpaired) electrons. The first-order chi connectivity index (χ1) is 11.6. The average Bonchev–Trinajstić information content (AvgIpc) is 2.61. The number of Topliss-reactive ketones (excluding diaryl/α,β-unsaturated/α-hetero) is 1. The topological polar surface area (TPSA) is 40.5 Å². The van der Waals surface area contributed by atoms with E-state index < -0.39 is 0 Å². The summed E-state index contributed by atoms with van der Waals surface area (Å²) in [5, 5.41) is 9.38. The van der Waals surface area contributed by atoms with Crippen molar-refractivity contribution >= 4 is 5.78 Å². The van der Waals surface area contributed by atoms with Gasteiger partial charge in [0.2, 0.25) is 0 Å². The summed E-state index contributed by atoms with van der Waals surface area (Å²) in [7, 11) is 0. The summed E-state index contributed by atoms with van der Waals surface area (Å²) in [6, 6.07) is 7.94. The van der Waals surface area contributed by atoms with E-state index in [9.17, 15) is 9.90 Å². The molecule has 0 bridgehead atoms. The molecule has 1 saturated carbocycles. The summed E-state index contributed by atoms with van der Waals surface area (Å²) in [5.74, 6) is 1.17. The lowest BCUT2D eigenvalue weighted by Crippen LogP contribution is -2.35. The van der Waals surface area contributed by atoms with Crippen LogP contribution in [0.2, 0.25) is 0 Å². The fourth-order valence-corrected chi connectivity index (χ4v) is 3.88. The largest absolute Gasteiger partial charge is 0.508 e. The Bertz CT molecular complexity index is 491. The number of hydrogen-bond acceptors (Lipinski definition) is 3. The van der Waals surface area contributed by atoms with E-state index in [2.05, 4.69) is 18.7 Å². The first-order valence-corrected chi connectivity index (χ1v) is 9.64. The molecule has 24 heavy (non-hydrogen) atoms. The molecule has 1 N–H and O–H groups in total. The highest BCUT2D eigenvalue weighted by Gasteiger charge is 2.21. The van der Waals surface area contributed by atoms with Gasteiger partial charge in [-0.05, 0) is 63.4 Å². The van der Waals surface area contributed by atoms with Crippen LogP contribution < -0.4 is 0 Å². The van der Waals surface area contributed by atoms with Gasteiger partial charge in [-0.1, -0.05) is 38.3 Å². The summed E-state index contributed by atoms with van der Waals surface area (Å²) in [4.78, 5) is 14.8. The zero-order valence-corrected chi connectivity index (χ0v) is 15.3. The Morgan fingerprint density at radius 3 is 2.50 bits per heavy atom. The highest BCUT2D eigenvalue weighted by Crippen LogP contribution is 2.25. The molecule has 3 nitrogen and oxygen atoms in total. The van der Waals surface area contributed by atoms with Crippen molar-refractivity contribution in [2.75, 3.05) is 13.1 Å². The van der Waals surface area contributed by atoms with Crippen molar-refractivity contribution < 1.29 is 9.90 Å². The molecule has 0 saturated heterocycles. The number of likely N-dealkylation sites (N-methyl/N-ethyl adjacent to an activating group) is 1. The predicted molar refractivity (Wildman–Crippen MR) is 99.3 cm³/mol. The summed E-state index contributed by atoms with van der Waals surface area (Å²) in [6.45, 7) is 6.45. The van der Waals surface area contributed by atoms with Gasteiger partial charge in [0.25, 0.3) is 0 Å². The molecule has 0 aromatic heterocycles. The van der Waals surface area contributed by atoms with E-state index >= 15 is 0 Å². The molecule has 1 aliphatic rings. The van der Waals surface area contributed by atoms with Crippen LogP contribution in [0.3, 0.4) is 0 Å². The van der Waals surface area contributed by atoms with Gasteiger partial charge >= 0.3 is 0 Å². The fourth-order valence-electron chi connectivity index (χ4n) is 3.88. The lowest BCUT2D eigenvalue weighted by atomic mass is 9.85. The van der Waals surface area contributed by atoms with Gasteiger partial charge in [0.1, 0.15) is 11.5 Å². The van der Waals surface area contributed by atoms with Crippen LogP contribution in [-0.4, -0.2) is 34.9 Å². The molecule has 0 amide bonds. The molecule has 0 aliphatic heterocycles. The molecule has 134 valence electrons. The average molecular weight is 331 g/mol. The zero-order chi connectivity index (χ0) is 17.4. The van der Waals surface area contributed by atoms with Crippen molar-refractivity contribution in [3.63, 3.8) is 0 Å². The molecular formula is C21H33NO2. The Balaban J connectivity index is 1.74. The summed E-state index contributed by atoms with van der Waals surface area (Å²) in [6.07, 6.45) is 8.71. The standard InChI is InChI=1S/C21H33NO2/c1-3-22(17(2)16-18-11-13-20(23)14-12-18)15-7-10-21(24)19-8-5-4-6-9-19/h11-14,17,19,23H,3-10,15-16H2,1-2H3. The quantitative estimate of drug-likeness (QED) is 0.720. The van der Waals surface area contributed by atoms with E-state index in [-0.39, 0.29) is 0 Å². The number of phenols is 1. The number of carbonyl (C=O) groups is 1. The molecule has 1 atom stereocenters. The molecule has 1 aromatic carbocycles. The summed E-state index contributed by atoms with van der Waals surface area (Å²) < 4.78 is 0. The Morgan fingerprint density at radius 1 is 1.21 bits per heavy atom. The van der Waals surface area contributed by atoms with Crippen molar-refractivity contribution in [3.8, 4) is 5.75 Å². The van der Waals surface area contributed by atoms with Crippen LogP contribution in [0.5, 0.6) is 5.75 Å². The van der Waals surface area contributed by atoms with Gasteiger partial charge in [0, 0.05) is 18.4 Å². The van der Waals surface area contributed by atoms with Gasteiger partial charge in [-0.25, -0.2) is 0 Å². The van der Waals surface area contributed by atoms with E-state index in [0.29, 0.717) is 23.5 Å². The van der Waals surface area contributed by atoms with Crippen LogP contribution in [-0.2, 0) is 11.2 Å². The maximum atomic E-state index is 12.3. The SMILES string of the molecule is CCN(CCCC(=O)C1CCCCC1)C(C)Cc1ccc(O)cc1. The third-order valence-corrected chi connectivity index (χ3v) is 5.43. The number of rotatable bonds is 9.